The summed E-state index contributed by atoms with van der Waals surface area (Å²) in [7, 11) is 0. The van der Waals surface area contributed by atoms with Gasteiger partial charge in [0.15, 0.2) is 5.16 Å². The summed E-state index contributed by atoms with van der Waals surface area (Å²) in [4.78, 5) is 26.4. The monoisotopic (exact) mass is 495 g/mol. The molecule has 3 aromatic carbocycles. The minimum Gasteiger partial charge on any atom is -0.349 e. The molecule has 1 aliphatic carbocycles. The van der Waals surface area contributed by atoms with Crippen molar-refractivity contribution in [1.82, 2.24) is 24.5 Å². The van der Waals surface area contributed by atoms with Gasteiger partial charge in [0.05, 0.1) is 28.4 Å². The second-order valence-electron chi connectivity index (χ2n) is 9.11. The number of thioether (sulfide) groups is 1. The number of nitrogens with zero attached hydrogens (tertiary/aromatic N) is 4. The summed E-state index contributed by atoms with van der Waals surface area (Å²) < 4.78 is 3.45. The Balaban J connectivity index is 1.33. The molecule has 180 valence electrons. The number of para-hydroxylation sites is 1. The van der Waals surface area contributed by atoms with E-state index in [-0.39, 0.29) is 23.3 Å². The van der Waals surface area contributed by atoms with Gasteiger partial charge in [0, 0.05) is 0 Å². The fraction of sp³-hybridized carbons (Fsp3) is 0.214. The van der Waals surface area contributed by atoms with Crippen LogP contribution in [-0.2, 0) is 11.2 Å². The summed E-state index contributed by atoms with van der Waals surface area (Å²) in [6.45, 7) is 2.01. The maximum Gasteiger partial charge on any atom is 0.267 e. The Bertz CT molecular complexity index is 1660. The van der Waals surface area contributed by atoms with E-state index in [9.17, 15) is 9.59 Å². The number of nitrogens with one attached hydrogen (secondary N) is 1. The first kappa shape index (κ1) is 22.5. The fourth-order valence-electron chi connectivity index (χ4n) is 4.97. The molecular weight excluding hydrogens is 470 g/mol. The zero-order valence-electron chi connectivity index (χ0n) is 19.8. The molecule has 0 bridgehead atoms. The number of benzene rings is 3. The Hall–Kier alpha value is -3.91. The summed E-state index contributed by atoms with van der Waals surface area (Å²) in [5, 5.41) is 13.1. The van der Waals surface area contributed by atoms with Gasteiger partial charge >= 0.3 is 0 Å². The number of aromatic nitrogens is 4. The third-order valence-electron chi connectivity index (χ3n) is 6.72. The normalized spacial score (nSPS) is 15.2. The number of hydrogen-bond acceptors (Lipinski definition) is 5. The van der Waals surface area contributed by atoms with Gasteiger partial charge in [0.25, 0.3) is 5.56 Å². The van der Waals surface area contributed by atoms with E-state index in [4.69, 9.17) is 0 Å². The van der Waals surface area contributed by atoms with Crippen molar-refractivity contribution in [3.63, 3.8) is 0 Å². The molecule has 0 saturated carbocycles. The van der Waals surface area contributed by atoms with E-state index in [2.05, 4.69) is 33.7 Å². The number of carbonyl (C=O) groups is 1. The van der Waals surface area contributed by atoms with E-state index in [0.29, 0.717) is 16.3 Å². The van der Waals surface area contributed by atoms with Gasteiger partial charge in [-0.15, -0.1) is 10.2 Å². The zero-order valence-corrected chi connectivity index (χ0v) is 20.7. The molecule has 1 atom stereocenters. The van der Waals surface area contributed by atoms with Crippen molar-refractivity contribution in [1.29, 1.82) is 0 Å². The average Bonchev–Trinajstić information content (AvgIpc) is 3.33. The summed E-state index contributed by atoms with van der Waals surface area (Å²) in [6, 6.07) is 23.5. The number of hydrogen-bond donors (Lipinski definition) is 1. The van der Waals surface area contributed by atoms with E-state index in [1.165, 1.54) is 22.9 Å². The van der Waals surface area contributed by atoms with Crippen LogP contribution in [0.15, 0.2) is 82.7 Å². The lowest BCUT2D eigenvalue weighted by Gasteiger charge is -2.26. The van der Waals surface area contributed by atoms with Crippen LogP contribution in [0.25, 0.3) is 22.4 Å². The first-order chi connectivity index (χ1) is 17.6. The molecule has 7 nitrogen and oxygen atoms in total. The van der Waals surface area contributed by atoms with Crippen LogP contribution in [-0.4, -0.2) is 30.8 Å². The third kappa shape index (κ3) is 3.97. The Labute approximate surface area is 212 Å². The van der Waals surface area contributed by atoms with Crippen molar-refractivity contribution in [2.45, 2.75) is 37.4 Å². The van der Waals surface area contributed by atoms with Crippen molar-refractivity contribution < 1.29 is 4.79 Å². The van der Waals surface area contributed by atoms with Crippen LogP contribution >= 0.6 is 11.8 Å². The van der Waals surface area contributed by atoms with Crippen LogP contribution < -0.4 is 10.9 Å². The van der Waals surface area contributed by atoms with Crippen LogP contribution in [0.5, 0.6) is 0 Å². The molecule has 0 radical (unpaired) electrons. The van der Waals surface area contributed by atoms with E-state index in [1.54, 1.807) is 4.57 Å². The van der Waals surface area contributed by atoms with Crippen LogP contribution in [0.2, 0.25) is 0 Å². The molecule has 5 aromatic rings. The second-order valence-corrected chi connectivity index (χ2v) is 10.1. The van der Waals surface area contributed by atoms with Crippen molar-refractivity contribution >= 4 is 34.3 Å². The Morgan fingerprint density at radius 2 is 1.81 bits per heavy atom. The molecule has 6 rings (SSSR count). The van der Waals surface area contributed by atoms with Crippen molar-refractivity contribution in [2.24, 2.45) is 0 Å². The molecule has 2 aromatic heterocycles. The van der Waals surface area contributed by atoms with Gasteiger partial charge in [-0.1, -0.05) is 65.9 Å². The molecule has 8 heteroatoms. The molecule has 1 aliphatic rings. The molecule has 1 unspecified atom stereocenters. The molecule has 0 saturated heterocycles. The van der Waals surface area contributed by atoms with Crippen molar-refractivity contribution in [3.8, 4) is 5.69 Å². The summed E-state index contributed by atoms with van der Waals surface area (Å²) in [5.41, 5.74) is 4.91. The Morgan fingerprint density at radius 3 is 2.67 bits per heavy atom. The number of carbonyl (C=O) groups excluding carboxylic acids is 1. The SMILES string of the molecule is Cc1ccc(-n2c(=O)c3ccccc3n3c(SCC(=O)NC4CCCc5ccccc54)nnc23)cc1. The molecule has 0 fully saturated rings. The van der Waals surface area contributed by atoms with Crippen molar-refractivity contribution in [3.05, 3.63) is 99.8 Å². The molecule has 1 N–H and O–H groups in total. The topological polar surface area (TPSA) is 81.3 Å². The Kier molecular flexibility index (Phi) is 5.81. The maximum atomic E-state index is 13.4. The van der Waals surface area contributed by atoms with E-state index in [1.807, 2.05) is 65.9 Å². The second kappa shape index (κ2) is 9.28. The third-order valence-corrected chi connectivity index (χ3v) is 7.65. The minimum absolute atomic E-state index is 0.0331. The first-order valence-electron chi connectivity index (χ1n) is 12.1. The van der Waals surface area contributed by atoms with Gasteiger partial charge < -0.3 is 5.32 Å². The highest BCUT2D eigenvalue weighted by Crippen LogP contribution is 2.30. The highest BCUT2D eigenvalue weighted by atomic mass is 32.2. The molecule has 0 spiro atoms. The first-order valence-corrected chi connectivity index (χ1v) is 13.0. The lowest BCUT2D eigenvalue weighted by Crippen LogP contribution is -2.32. The number of rotatable bonds is 5. The number of fused-ring (bicyclic) bond motifs is 4. The predicted octanol–water partition coefficient (Wildman–Crippen LogP) is 4.63. The van der Waals surface area contributed by atoms with Gasteiger partial charge in [0.2, 0.25) is 11.7 Å². The molecular formula is C28H25N5O2S. The van der Waals surface area contributed by atoms with Gasteiger partial charge in [-0.25, -0.2) is 4.57 Å². The van der Waals surface area contributed by atoms with Gasteiger partial charge in [-0.05, 0) is 61.6 Å². The van der Waals surface area contributed by atoms with E-state index >= 15 is 0 Å². The molecule has 2 heterocycles. The summed E-state index contributed by atoms with van der Waals surface area (Å²) >= 11 is 1.32. The van der Waals surface area contributed by atoms with Crippen LogP contribution in [0.4, 0.5) is 0 Å². The number of aryl methyl sites for hydroxylation is 2. The van der Waals surface area contributed by atoms with E-state index in [0.717, 1.165) is 36.0 Å². The van der Waals surface area contributed by atoms with Crippen molar-refractivity contribution in [2.75, 3.05) is 5.75 Å². The molecule has 1 amide bonds. The molecule has 36 heavy (non-hydrogen) atoms. The molecule has 0 aliphatic heterocycles. The largest absolute Gasteiger partial charge is 0.349 e. The lowest BCUT2D eigenvalue weighted by atomic mass is 9.88. The quantitative estimate of drug-likeness (QED) is 0.360. The number of amides is 1. The van der Waals surface area contributed by atoms with Crippen LogP contribution in [0.3, 0.4) is 0 Å². The predicted molar refractivity (Wildman–Crippen MR) is 142 cm³/mol. The van der Waals surface area contributed by atoms with Gasteiger partial charge in [-0.3, -0.25) is 14.0 Å². The van der Waals surface area contributed by atoms with Gasteiger partial charge in [-0.2, -0.15) is 0 Å². The summed E-state index contributed by atoms with van der Waals surface area (Å²) in [6.07, 6.45) is 3.06. The standard InChI is InChI=1S/C28H25N5O2S/c1-18-13-15-20(16-14-18)32-26(35)22-10-4-5-12-24(22)33-27(32)30-31-28(33)36-17-25(34)29-23-11-6-8-19-7-2-3-9-21(19)23/h2-5,7,9-10,12-16,23H,6,8,11,17H2,1H3,(H,29,34). The average molecular weight is 496 g/mol. The van der Waals surface area contributed by atoms with Crippen LogP contribution in [0, 0.1) is 6.92 Å². The minimum atomic E-state index is -0.153. The summed E-state index contributed by atoms with van der Waals surface area (Å²) in [5.74, 6) is 0.582. The highest BCUT2D eigenvalue weighted by Gasteiger charge is 2.23. The lowest BCUT2D eigenvalue weighted by molar-refractivity contribution is -0.119. The maximum absolute atomic E-state index is 13.4. The fourth-order valence-corrected chi connectivity index (χ4v) is 5.72. The zero-order chi connectivity index (χ0) is 24.6. The Morgan fingerprint density at radius 1 is 1.03 bits per heavy atom. The van der Waals surface area contributed by atoms with E-state index < -0.39 is 0 Å². The van der Waals surface area contributed by atoms with Gasteiger partial charge in [0.1, 0.15) is 0 Å². The smallest absolute Gasteiger partial charge is 0.267 e. The van der Waals surface area contributed by atoms with Crippen LogP contribution in [0.1, 0.15) is 35.6 Å². The highest BCUT2D eigenvalue weighted by molar-refractivity contribution is 7.99.